The number of nitrogens with two attached hydrogens (primary N) is 1. The Bertz CT molecular complexity index is 645. The van der Waals surface area contributed by atoms with Crippen molar-refractivity contribution in [1.82, 2.24) is 0 Å². The first-order valence-electron chi connectivity index (χ1n) is 5.76. The SMILES string of the molecule is COc1ccc(Oc2c(C)cccc2C#N)c(N)c1. The molecule has 0 bridgehead atoms. The van der Waals surface area contributed by atoms with E-state index in [1.54, 1.807) is 31.4 Å². The summed E-state index contributed by atoms with van der Waals surface area (Å²) in [6, 6.07) is 12.7. The maximum Gasteiger partial charge on any atom is 0.150 e. The fraction of sp³-hybridized carbons (Fsp3) is 0.133. The lowest BCUT2D eigenvalue weighted by Gasteiger charge is -2.12. The number of hydrogen-bond donors (Lipinski definition) is 1. The Morgan fingerprint density at radius 2 is 2.00 bits per heavy atom. The van der Waals surface area contributed by atoms with Crippen LogP contribution >= 0.6 is 0 Å². The predicted molar refractivity (Wildman–Crippen MR) is 73.4 cm³/mol. The van der Waals surface area contributed by atoms with Gasteiger partial charge in [-0.05, 0) is 30.7 Å². The number of nitrogen functional groups attached to an aromatic ring is 1. The first-order chi connectivity index (χ1) is 9.15. The first kappa shape index (κ1) is 12.8. The van der Waals surface area contributed by atoms with Crippen LogP contribution in [0.5, 0.6) is 17.2 Å². The molecule has 0 amide bonds. The molecular formula is C15H14N2O2. The highest BCUT2D eigenvalue weighted by molar-refractivity contribution is 5.59. The molecule has 0 atom stereocenters. The fourth-order valence-electron chi connectivity index (χ4n) is 1.73. The number of aryl methyl sites for hydroxylation is 1. The molecular weight excluding hydrogens is 240 g/mol. The van der Waals surface area contributed by atoms with Crippen molar-refractivity contribution in [1.29, 1.82) is 5.26 Å². The van der Waals surface area contributed by atoms with Gasteiger partial charge in [0, 0.05) is 6.07 Å². The second-order valence-corrected chi connectivity index (χ2v) is 4.07. The summed E-state index contributed by atoms with van der Waals surface area (Å²) < 4.78 is 10.8. The van der Waals surface area contributed by atoms with Gasteiger partial charge in [-0.25, -0.2) is 0 Å². The molecule has 0 unspecified atom stereocenters. The molecule has 4 heteroatoms. The predicted octanol–water partition coefficient (Wildman–Crippen LogP) is 3.25. The van der Waals surface area contributed by atoms with Gasteiger partial charge in [0.15, 0.2) is 5.75 Å². The number of rotatable bonds is 3. The maximum atomic E-state index is 9.09. The van der Waals surface area contributed by atoms with Crippen LogP contribution < -0.4 is 15.2 Å². The molecule has 0 aliphatic heterocycles. The summed E-state index contributed by atoms with van der Waals surface area (Å²) in [6.45, 7) is 1.88. The van der Waals surface area contributed by atoms with Gasteiger partial charge in [-0.15, -0.1) is 0 Å². The molecule has 0 saturated carbocycles. The largest absolute Gasteiger partial charge is 0.497 e. The highest BCUT2D eigenvalue weighted by Crippen LogP contribution is 2.33. The minimum absolute atomic E-state index is 0.464. The molecule has 2 aromatic carbocycles. The molecule has 0 spiro atoms. The number of para-hydroxylation sites is 1. The number of nitriles is 1. The molecule has 2 N–H and O–H groups in total. The van der Waals surface area contributed by atoms with Crippen LogP contribution in [-0.2, 0) is 0 Å². The number of hydrogen-bond acceptors (Lipinski definition) is 4. The van der Waals surface area contributed by atoms with Crippen molar-refractivity contribution in [3.05, 3.63) is 47.5 Å². The third kappa shape index (κ3) is 2.61. The van der Waals surface area contributed by atoms with Gasteiger partial charge in [0.05, 0.1) is 18.4 Å². The van der Waals surface area contributed by atoms with E-state index in [0.717, 1.165) is 5.56 Å². The summed E-state index contributed by atoms with van der Waals surface area (Å²) in [6.07, 6.45) is 0. The number of methoxy groups -OCH3 is 1. The van der Waals surface area contributed by atoms with E-state index >= 15 is 0 Å². The normalized spacial score (nSPS) is 9.74. The van der Waals surface area contributed by atoms with Gasteiger partial charge in [-0.3, -0.25) is 0 Å². The Morgan fingerprint density at radius 1 is 1.21 bits per heavy atom. The topological polar surface area (TPSA) is 68.3 Å². The van der Waals surface area contributed by atoms with Gasteiger partial charge >= 0.3 is 0 Å². The third-order valence-electron chi connectivity index (χ3n) is 2.76. The summed E-state index contributed by atoms with van der Waals surface area (Å²) in [5.74, 6) is 1.70. The molecule has 0 fully saturated rings. The second-order valence-electron chi connectivity index (χ2n) is 4.07. The van der Waals surface area contributed by atoms with E-state index in [4.69, 9.17) is 20.5 Å². The van der Waals surface area contributed by atoms with Crippen molar-refractivity contribution in [3.8, 4) is 23.3 Å². The zero-order valence-electron chi connectivity index (χ0n) is 10.8. The molecule has 0 heterocycles. The third-order valence-corrected chi connectivity index (χ3v) is 2.76. The van der Waals surface area contributed by atoms with E-state index in [9.17, 15) is 0 Å². The number of nitrogens with zero attached hydrogens (tertiary/aromatic N) is 1. The number of ether oxygens (including phenoxy) is 2. The summed E-state index contributed by atoms with van der Waals surface area (Å²) in [5.41, 5.74) is 7.73. The molecule has 96 valence electrons. The van der Waals surface area contributed by atoms with Gasteiger partial charge in [-0.1, -0.05) is 12.1 Å². The number of anilines is 1. The molecule has 2 rings (SSSR count). The molecule has 0 aliphatic carbocycles. The van der Waals surface area contributed by atoms with Crippen LogP contribution in [0.3, 0.4) is 0 Å². The van der Waals surface area contributed by atoms with Crippen molar-refractivity contribution in [2.75, 3.05) is 12.8 Å². The molecule has 4 nitrogen and oxygen atoms in total. The van der Waals surface area contributed by atoms with Crippen LogP contribution in [0.25, 0.3) is 0 Å². The van der Waals surface area contributed by atoms with E-state index in [1.165, 1.54) is 0 Å². The average molecular weight is 254 g/mol. The van der Waals surface area contributed by atoms with Gasteiger partial charge in [-0.2, -0.15) is 5.26 Å². The van der Waals surface area contributed by atoms with Crippen molar-refractivity contribution in [3.63, 3.8) is 0 Å². The monoisotopic (exact) mass is 254 g/mol. The van der Waals surface area contributed by atoms with E-state index in [-0.39, 0.29) is 0 Å². The minimum atomic E-state index is 0.464. The lowest BCUT2D eigenvalue weighted by molar-refractivity contribution is 0.413. The quantitative estimate of drug-likeness (QED) is 0.854. The molecule has 0 saturated heterocycles. The van der Waals surface area contributed by atoms with E-state index < -0.39 is 0 Å². The zero-order chi connectivity index (χ0) is 13.8. The van der Waals surface area contributed by atoms with Gasteiger partial charge in [0.1, 0.15) is 17.6 Å². The lowest BCUT2D eigenvalue weighted by Crippen LogP contribution is -1.96. The van der Waals surface area contributed by atoms with Crippen LogP contribution in [0.15, 0.2) is 36.4 Å². The Balaban J connectivity index is 2.40. The summed E-state index contributed by atoms with van der Waals surface area (Å²) in [7, 11) is 1.57. The van der Waals surface area contributed by atoms with Crippen molar-refractivity contribution >= 4 is 5.69 Å². The minimum Gasteiger partial charge on any atom is -0.497 e. The number of benzene rings is 2. The van der Waals surface area contributed by atoms with Gasteiger partial charge in [0.2, 0.25) is 0 Å². The van der Waals surface area contributed by atoms with Crippen LogP contribution in [-0.4, -0.2) is 7.11 Å². The molecule has 0 aromatic heterocycles. The van der Waals surface area contributed by atoms with Crippen LogP contribution in [0.1, 0.15) is 11.1 Å². The maximum absolute atomic E-state index is 9.09. The summed E-state index contributed by atoms with van der Waals surface area (Å²) in [5, 5.41) is 9.09. The average Bonchev–Trinajstić information content (AvgIpc) is 2.42. The zero-order valence-corrected chi connectivity index (χ0v) is 10.8. The van der Waals surface area contributed by atoms with Crippen LogP contribution in [0.2, 0.25) is 0 Å². The van der Waals surface area contributed by atoms with Gasteiger partial charge in [0.25, 0.3) is 0 Å². The summed E-state index contributed by atoms with van der Waals surface area (Å²) in [4.78, 5) is 0. The van der Waals surface area contributed by atoms with E-state index in [1.807, 2.05) is 19.1 Å². The van der Waals surface area contributed by atoms with Crippen LogP contribution in [0, 0.1) is 18.3 Å². The second kappa shape index (κ2) is 5.32. The summed E-state index contributed by atoms with van der Waals surface area (Å²) >= 11 is 0. The Labute approximate surface area is 112 Å². The van der Waals surface area contributed by atoms with Crippen molar-refractivity contribution < 1.29 is 9.47 Å². The smallest absolute Gasteiger partial charge is 0.150 e. The molecule has 0 aliphatic rings. The lowest BCUT2D eigenvalue weighted by atomic mass is 10.1. The first-order valence-corrected chi connectivity index (χ1v) is 5.76. The molecule has 19 heavy (non-hydrogen) atoms. The Morgan fingerprint density at radius 3 is 2.63 bits per heavy atom. The van der Waals surface area contributed by atoms with Crippen molar-refractivity contribution in [2.24, 2.45) is 0 Å². The van der Waals surface area contributed by atoms with Crippen LogP contribution in [0.4, 0.5) is 5.69 Å². The van der Waals surface area contributed by atoms with E-state index in [2.05, 4.69) is 6.07 Å². The highest BCUT2D eigenvalue weighted by atomic mass is 16.5. The van der Waals surface area contributed by atoms with Gasteiger partial charge < -0.3 is 15.2 Å². The Kier molecular flexibility index (Phi) is 3.58. The van der Waals surface area contributed by atoms with Crippen molar-refractivity contribution in [2.45, 2.75) is 6.92 Å². The standard InChI is InChI=1S/C15H14N2O2/c1-10-4-3-5-11(9-16)15(10)19-14-7-6-12(18-2)8-13(14)17/h3-8H,17H2,1-2H3. The highest BCUT2D eigenvalue weighted by Gasteiger charge is 2.10. The van der Waals surface area contributed by atoms with E-state index in [0.29, 0.717) is 28.5 Å². The Hall–Kier alpha value is -2.67. The molecule has 0 radical (unpaired) electrons. The fourth-order valence-corrected chi connectivity index (χ4v) is 1.73. The molecule has 2 aromatic rings.